The largest absolute Gasteiger partial charge is 0.493 e. The highest BCUT2D eigenvalue weighted by Gasteiger charge is 2.44. The van der Waals surface area contributed by atoms with Gasteiger partial charge in [0.15, 0.2) is 5.75 Å². The second-order valence-corrected chi connectivity index (χ2v) is 5.27. The van der Waals surface area contributed by atoms with Gasteiger partial charge in [-0.25, -0.2) is 0 Å². The third-order valence-corrected chi connectivity index (χ3v) is 4.11. The van der Waals surface area contributed by atoms with Crippen LogP contribution in [0.1, 0.15) is 38.8 Å². The van der Waals surface area contributed by atoms with E-state index < -0.39 is 5.60 Å². The Hall–Kier alpha value is -1.07. The maximum absolute atomic E-state index is 11.2. The van der Waals surface area contributed by atoms with E-state index in [0.717, 1.165) is 38.2 Å². The predicted octanol–water partition coefficient (Wildman–Crippen LogP) is 1.51. The Morgan fingerprint density at radius 1 is 1.58 bits per heavy atom. The number of hydrogen-bond acceptors (Lipinski definition) is 4. The minimum absolute atomic E-state index is 0.197. The number of ether oxygens (including phenoxy) is 1. The van der Waals surface area contributed by atoms with E-state index in [1.54, 1.807) is 13.3 Å². The van der Waals surface area contributed by atoms with Crippen molar-refractivity contribution in [1.29, 1.82) is 0 Å². The van der Waals surface area contributed by atoms with E-state index in [-0.39, 0.29) is 5.92 Å². The molecule has 2 N–H and O–H groups in total. The standard InChI is InChI=1S/C14H25N3O2/c1-4-8-17-13(12(19-3)10-16-17)14(18)6-7-15-9-11(14)5-2/h10-11,15,18H,4-9H2,1-3H3. The van der Waals surface area contributed by atoms with Crippen molar-refractivity contribution in [3.05, 3.63) is 11.9 Å². The number of methoxy groups -OCH3 is 1. The Labute approximate surface area is 115 Å². The fourth-order valence-electron chi connectivity index (χ4n) is 3.06. The molecule has 1 aromatic rings. The van der Waals surface area contributed by atoms with Gasteiger partial charge in [0.2, 0.25) is 0 Å². The van der Waals surface area contributed by atoms with Gasteiger partial charge in [0.25, 0.3) is 0 Å². The molecule has 0 aliphatic carbocycles. The molecule has 1 saturated heterocycles. The first-order chi connectivity index (χ1) is 9.17. The van der Waals surface area contributed by atoms with E-state index in [4.69, 9.17) is 4.74 Å². The van der Waals surface area contributed by atoms with E-state index in [1.165, 1.54) is 0 Å². The van der Waals surface area contributed by atoms with Gasteiger partial charge in [-0.1, -0.05) is 13.8 Å². The Kier molecular flexibility index (Phi) is 4.47. The molecule has 5 heteroatoms. The third kappa shape index (κ3) is 2.49. The smallest absolute Gasteiger partial charge is 0.162 e. The molecule has 0 amide bonds. The van der Waals surface area contributed by atoms with E-state index in [1.807, 2.05) is 4.68 Å². The van der Waals surface area contributed by atoms with E-state index in [2.05, 4.69) is 24.3 Å². The maximum atomic E-state index is 11.2. The molecule has 5 nitrogen and oxygen atoms in total. The minimum atomic E-state index is -0.836. The Bertz CT molecular complexity index is 419. The van der Waals surface area contributed by atoms with Crippen LogP contribution in [0.3, 0.4) is 0 Å². The van der Waals surface area contributed by atoms with Crippen molar-refractivity contribution >= 4 is 0 Å². The molecule has 2 heterocycles. The molecule has 1 fully saturated rings. The summed E-state index contributed by atoms with van der Waals surface area (Å²) in [7, 11) is 1.64. The molecule has 108 valence electrons. The predicted molar refractivity (Wildman–Crippen MR) is 74.2 cm³/mol. The van der Waals surface area contributed by atoms with Crippen LogP contribution < -0.4 is 10.1 Å². The molecular weight excluding hydrogens is 242 g/mol. The van der Waals surface area contributed by atoms with E-state index >= 15 is 0 Å². The first-order valence-electron chi connectivity index (χ1n) is 7.20. The molecule has 1 aliphatic rings. The first kappa shape index (κ1) is 14.3. The van der Waals surface area contributed by atoms with Crippen molar-refractivity contribution in [2.75, 3.05) is 20.2 Å². The highest BCUT2D eigenvalue weighted by atomic mass is 16.5. The van der Waals surface area contributed by atoms with Crippen LogP contribution in [0.4, 0.5) is 0 Å². The molecule has 1 aliphatic heterocycles. The minimum Gasteiger partial charge on any atom is -0.493 e. The summed E-state index contributed by atoms with van der Waals surface area (Å²) in [5.41, 5.74) is 0.0157. The number of aromatic nitrogens is 2. The van der Waals surface area contributed by atoms with Gasteiger partial charge in [-0.3, -0.25) is 4.68 Å². The van der Waals surface area contributed by atoms with Crippen LogP contribution in [-0.2, 0) is 12.1 Å². The van der Waals surface area contributed by atoms with Gasteiger partial charge in [-0.2, -0.15) is 5.10 Å². The van der Waals surface area contributed by atoms with Crippen molar-refractivity contribution < 1.29 is 9.84 Å². The van der Waals surface area contributed by atoms with Crippen molar-refractivity contribution in [3.63, 3.8) is 0 Å². The van der Waals surface area contributed by atoms with Gasteiger partial charge in [-0.15, -0.1) is 0 Å². The number of aliphatic hydroxyl groups is 1. The van der Waals surface area contributed by atoms with Gasteiger partial charge in [0, 0.05) is 19.0 Å². The Balaban J connectivity index is 2.44. The number of rotatable bonds is 5. The van der Waals surface area contributed by atoms with Crippen LogP contribution in [0, 0.1) is 5.92 Å². The monoisotopic (exact) mass is 267 g/mol. The van der Waals surface area contributed by atoms with Gasteiger partial charge in [0.05, 0.1) is 13.3 Å². The highest BCUT2D eigenvalue weighted by molar-refractivity contribution is 5.32. The number of nitrogens with zero attached hydrogens (tertiary/aromatic N) is 2. The lowest BCUT2D eigenvalue weighted by Crippen LogP contribution is -2.49. The van der Waals surface area contributed by atoms with Crippen LogP contribution in [-0.4, -0.2) is 35.1 Å². The topological polar surface area (TPSA) is 59.3 Å². The maximum Gasteiger partial charge on any atom is 0.162 e. The zero-order chi connectivity index (χ0) is 13.9. The zero-order valence-electron chi connectivity index (χ0n) is 12.1. The van der Waals surface area contributed by atoms with Crippen LogP contribution >= 0.6 is 0 Å². The summed E-state index contributed by atoms with van der Waals surface area (Å²) in [4.78, 5) is 0. The zero-order valence-corrected chi connectivity index (χ0v) is 12.1. The summed E-state index contributed by atoms with van der Waals surface area (Å²) in [6, 6.07) is 0. The second kappa shape index (κ2) is 5.92. The summed E-state index contributed by atoms with van der Waals surface area (Å²) in [5, 5.41) is 19.0. The SMILES string of the molecule is CCCn1ncc(OC)c1C1(O)CCNCC1CC. The third-order valence-electron chi connectivity index (χ3n) is 4.11. The van der Waals surface area contributed by atoms with Crippen molar-refractivity contribution in [1.82, 2.24) is 15.1 Å². The highest BCUT2D eigenvalue weighted by Crippen LogP contribution is 2.41. The lowest BCUT2D eigenvalue weighted by molar-refractivity contribution is -0.0564. The van der Waals surface area contributed by atoms with Crippen LogP contribution in [0.25, 0.3) is 0 Å². The summed E-state index contributed by atoms with van der Waals surface area (Å²) in [6.45, 7) is 6.71. The molecular formula is C14H25N3O2. The van der Waals surface area contributed by atoms with Gasteiger partial charge < -0.3 is 15.2 Å². The van der Waals surface area contributed by atoms with Crippen LogP contribution in [0.2, 0.25) is 0 Å². The molecule has 0 radical (unpaired) electrons. The fraction of sp³-hybridized carbons (Fsp3) is 0.786. The van der Waals surface area contributed by atoms with Crippen molar-refractivity contribution in [3.8, 4) is 5.75 Å². The molecule has 19 heavy (non-hydrogen) atoms. The molecule has 2 atom stereocenters. The lowest BCUT2D eigenvalue weighted by atomic mass is 9.77. The van der Waals surface area contributed by atoms with Gasteiger partial charge >= 0.3 is 0 Å². The number of hydrogen-bond donors (Lipinski definition) is 2. The molecule has 0 bridgehead atoms. The van der Waals surface area contributed by atoms with Crippen molar-refractivity contribution in [2.45, 2.75) is 45.3 Å². The van der Waals surface area contributed by atoms with E-state index in [9.17, 15) is 5.11 Å². The average molecular weight is 267 g/mol. The lowest BCUT2D eigenvalue weighted by Gasteiger charge is -2.40. The fourth-order valence-corrected chi connectivity index (χ4v) is 3.06. The Morgan fingerprint density at radius 2 is 2.37 bits per heavy atom. The molecule has 0 saturated carbocycles. The molecule has 2 rings (SSSR count). The van der Waals surface area contributed by atoms with Gasteiger partial charge in [0.1, 0.15) is 11.3 Å². The summed E-state index contributed by atoms with van der Waals surface area (Å²) < 4.78 is 7.33. The van der Waals surface area contributed by atoms with Crippen LogP contribution in [0.15, 0.2) is 6.20 Å². The molecule has 1 aromatic heterocycles. The normalized spacial score (nSPS) is 27.5. The number of piperidine rings is 1. The Morgan fingerprint density at radius 3 is 3.00 bits per heavy atom. The summed E-state index contributed by atoms with van der Waals surface area (Å²) in [6.07, 6.45) is 4.35. The van der Waals surface area contributed by atoms with E-state index in [0.29, 0.717) is 12.2 Å². The average Bonchev–Trinajstić information content (AvgIpc) is 2.83. The number of aryl methyl sites for hydroxylation is 1. The summed E-state index contributed by atoms with van der Waals surface area (Å²) >= 11 is 0. The molecule has 0 spiro atoms. The quantitative estimate of drug-likeness (QED) is 0.849. The second-order valence-electron chi connectivity index (χ2n) is 5.27. The summed E-state index contributed by atoms with van der Waals surface area (Å²) in [5.74, 6) is 0.902. The number of nitrogens with one attached hydrogen (secondary N) is 1. The van der Waals surface area contributed by atoms with Crippen LogP contribution in [0.5, 0.6) is 5.75 Å². The van der Waals surface area contributed by atoms with Crippen molar-refractivity contribution in [2.24, 2.45) is 5.92 Å². The van der Waals surface area contributed by atoms with Gasteiger partial charge in [-0.05, 0) is 25.8 Å². The molecule has 2 unspecified atom stereocenters. The first-order valence-corrected chi connectivity index (χ1v) is 7.20. The molecule has 0 aromatic carbocycles.